The first-order valence-electron chi connectivity index (χ1n) is 11.8. The van der Waals surface area contributed by atoms with Gasteiger partial charge in [-0.2, -0.15) is 0 Å². The van der Waals surface area contributed by atoms with Gasteiger partial charge < -0.3 is 14.6 Å². The van der Waals surface area contributed by atoms with Crippen LogP contribution in [-0.4, -0.2) is 46.4 Å². The van der Waals surface area contributed by atoms with Gasteiger partial charge in [0.25, 0.3) is 5.91 Å². The molecule has 0 atom stereocenters. The molecule has 0 saturated carbocycles. The average molecular weight is 556 g/mol. The van der Waals surface area contributed by atoms with Gasteiger partial charge in [-0.1, -0.05) is 48.5 Å². The van der Waals surface area contributed by atoms with Gasteiger partial charge >= 0.3 is 0 Å². The molecule has 9 nitrogen and oxygen atoms in total. The van der Waals surface area contributed by atoms with Gasteiger partial charge in [-0.05, 0) is 42.3 Å². The summed E-state index contributed by atoms with van der Waals surface area (Å²) in [6.07, 6.45) is 1.87. The number of fused-ring (bicyclic) bond motifs is 1. The fourth-order valence-electron chi connectivity index (χ4n) is 4.35. The van der Waals surface area contributed by atoms with E-state index in [0.717, 1.165) is 18.1 Å². The number of aryl methyl sites for hydroxylation is 1. The number of hydrogen-bond donors (Lipinski definition) is 1. The zero-order chi connectivity index (χ0) is 27.5. The minimum Gasteiger partial charge on any atom is -0.489 e. The molecule has 11 heteroatoms. The third-order valence-electron chi connectivity index (χ3n) is 5.96. The summed E-state index contributed by atoms with van der Waals surface area (Å²) in [7, 11) is -6.80. The Kier molecular flexibility index (Phi) is 7.79. The second-order valence-corrected chi connectivity index (χ2v) is 12.8. The summed E-state index contributed by atoms with van der Waals surface area (Å²) in [5.41, 5.74) is 2.53. The molecule has 0 spiro atoms. The molecule has 0 fully saturated rings. The van der Waals surface area contributed by atoms with Crippen LogP contribution in [0.3, 0.4) is 0 Å². The predicted octanol–water partition coefficient (Wildman–Crippen LogP) is 3.46. The molecule has 0 aliphatic carbocycles. The molecule has 1 heterocycles. The van der Waals surface area contributed by atoms with E-state index in [1.807, 2.05) is 36.4 Å². The molecule has 4 rings (SSSR count). The van der Waals surface area contributed by atoms with Crippen LogP contribution in [-0.2, 0) is 40.1 Å². The van der Waals surface area contributed by atoms with Crippen LogP contribution in [0.25, 0.3) is 10.9 Å². The Labute approximate surface area is 222 Å². The third-order valence-corrected chi connectivity index (χ3v) is 9.14. The highest BCUT2D eigenvalue weighted by molar-refractivity contribution is 8.09. The van der Waals surface area contributed by atoms with Crippen LogP contribution in [0.2, 0.25) is 0 Å². The first-order valence-corrected chi connectivity index (χ1v) is 15.5. The van der Waals surface area contributed by atoms with Crippen LogP contribution in [0.5, 0.6) is 5.75 Å². The van der Waals surface area contributed by atoms with Crippen LogP contribution in [0, 0.1) is 0 Å². The van der Waals surface area contributed by atoms with Gasteiger partial charge in [0.2, 0.25) is 20.0 Å². The summed E-state index contributed by atoms with van der Waals surface area (Å²) in [5.74, 6) is 0.250. The van der Waals surface area contributed by atoms with E-state index < -0.39 is 20.0 Å². The van der Waals surface area contributed by atoms with Crippen LogP contribution in [0.15, 0.2) is 78.9 Å². The fourth-order valence-corrected chi connectivity index (χ4v) is 7.41. The van der Waals surface area contributed by atoms with Crippen molar-refractivity contribution in [3.8, 4) is 5.75 Å². The molecule has 0 aliphatic rings. The molecule has 0 bridgehead atoms. The van der Waals surface area contributed by atoms with Crippen LogP contribution in [0.1, 0.15) is 21.5 Å². The number of carbonyl (C=O) groups is 1. The summed E-state index contributed by atoms with van der Waals surface area (Å²) >= 11 is 0. The molecule has 0 aliphatic heterocycles. The maximum atomic E-state index is 12.7. The van der Waals surface area contributed by atoms with Crippen molar-refractivity contribution in [3.05, 3.63) is 95.6 Å². The highest BCUT2D eigenvalue weighted by atomic mass is 32.3. The van der Waals surface area contributed by atoms with Crippen LogP contribution < -0.4 is 13.8 Å². The van der Waals surface area contributed by atoms with Crippen molar-refractivity contribution in [1.82, 2.24) is 9.88 Å². The molecule has 4 aromatic rings. The van der Waals surface area contributed by atoms with Crippen molar-refractivity contribution in [2.24, 2.45) is 7.05 Å². The van der Waals surface area contributed by atoms with E-state index in [4.69, 9.17) is 4.74 Å². The highest BCUT2D eigenvalue weighted by Crippen LogP contribution is 2.37. The monoisotopic (exact) mass is 555 g/mol. The van der Waals surface area contributed by atoms with E-state index >= 15 is 0 Å². The van der Waals surface area contributed by atoms with Gasteiger partial charge in [0.05, 0.1) is 12.5 Å². The number of rotatable bonds is 10. The van der Waals surface area contributed by atoms with Gasteiger partial charge in [-0.25, -0.2) is 16.8 Å². The Bertz CT molecular complexity index is 1630. The van der Waals surface area contributed by atoms with Gasteiger partial charge in [-0.15, -0.1) is 3.71 Å². The SMILES string of the molecule is Cn1c(N(S(C)(=O)=O)S(C)(=O)=O)c(CCNC(=O)c2ccccc2)c2cc(OCc3ccccc3)ccc21. The van der Waals surface area contributed by atoms with Crippen molar-refractivity contribution in [1.29, 1.82) is 0 Å². The quantitative estimate of drug-likeness (QED) is 0.321. The molecular weight excluding hydrogens is 526 g/mol. The van der Waals surface area contributed by atoms with E-state index in [2.05, 4.69) is 5.32 Å². The van der Waals surface area contributed by atoms with Gasteiger partial charge in [0.1, 0.15) is 18.2 Å². The predicted molar refractivity (Wildman–Crippen MR) is 148 cm³/mol. The molecule has 0 unspecified atom stereocenters. The minimum atomic E-state index is -4.20. The number of amides is 1. The van der Waals surface area contributed by atoms with Gasteiger partial charge in [0.15, 0.2) is 0 Å². The van der Waals surface area contributed by atoms with Crippen molar-refractivity contribution in [2.75, 3.05) is 22.8 Å². The minimum absolute atomic E-state index is 0.000769. The van der Waals surface area contributed by atoms with E-state index in [1.165, 1.54) is 4.57 Å². The van der Waals surface area contributed by atoms with Crippen molar-refractivity contribution in [2.45, 2.75) is 13.0 Å². The van der Waals surface area contributed by atoms with Gasteiger partial charge in [-0.3, -0.25) is 4.79 Å². The Morgan fingerprint density at radius 3 is 2.11 bits per heavy atom. The van der Waals surface area contributed by atoms with Crippen LogP contribution in [0.4, 0.5) is 5.82 Å². The number of nitrogens with zero attached hydrogens (tertiary/aromatic N) is 2. The molecule has 200 valence electrons. The molecule has 1 aromatic heterocycles. The summed E-state index contributed by atoms with van der Waals surface area (Å²) in [5, 5.41) is 3.45. The maximum absolute atomic E-state index is 12.7. The average Bonchev–Trinajstić information content (AvgIpc) is 3.12. The van der Waals surface area contributed by atoms with E-state index in [1.54, 1.807) is 49.5 Å². The molecule has 1 N–H and O–H groups in total. The van der Waals surface area contributed by atoms with E-state index in [0.29, 0.717) is 38.1 Å². The molecule has 38 heavy (non-hydrogen) atoms. The number of aromatic nitrogens is 1. The number of carbonyl (C=O) groups excluding carboxylic acids is 1. The first-order chi connectivity index (χ1) is 18.0. The Morgan fingerprint density at radius 2 is 1.50 bits per heavy atom. The Morgan fingerprint density at radius 1 is 0.895 bits per heavy atom. The Hall–Kier alpha value is -3.83. The molecule has 3 aromatic carbocycles. The lowest BCUT2D eigenvalue weighted by Crippen LogP contribution is -2.37. The lowest BCUT2D eigenvalue weighted by molar-refractivity contribution is 0.0954. The first kappa shape index (κ1) is 27.2. The lowest BCUT2D eigenvalue weighted by atomic mass is 10.1. The zero-order valence-electron chi connectivity index (χ0n) is 21.3. The number of hydrogen-bond acceptors (Lipinski definition) is 6. The number of anilines is 1. The second-order valence-electron chi connectivity index (χ2n) is 8.91. The lowest BCUT2D eigenvalue weighted by Gasteiger charge is -2.22. The summed E-state index contributed by atoms with van der Waals surface area (Å²) < 4.78 is 58.7. The molecule has 0 saturated heterocycles. The van der Waals surface area contributed by atoms with Crippen molar-refractivity contribution in [3.63, 3.8) is 0 Å². The molecule has 0 radical (unpaired) electrons. The maximum Gasteiger partial charge on any atom is 0.251 e. The van der Waals surface area contributed by atoms with Crippen molar-refractivity contribution < 1.29 is 26.4 Å². The third kappa shape index (κ3) is 6.00. The van der Waals surface area contributed by atoms with Crippen LogP contribution >= 0.6 is 0 Å². The molecule has 1 amide bonds. The summed E-state index contributed by atoms with van der Waals surface area (Å²) in [6.45, 7) is 0.476. The Balaban J connectivity index is 1.75. The van der Waals surface area contributed by atoms with Crippen molar-refractivity contribution >= 4 is 42.7 Å². The smallest absolute Gasteiger partial charge is 0.251 e. The zero-order valence-corrected chi connectivity index (χ0v) is 22.9. The number of ether oxygens (including phenoxy) is 1. The van der Waals surface area contributed by atoms with Gasteiger partial charge in [0, 0.05) is 35.6 Å². The number of sulfonamides is 2. The van der Waals surface area contributed by atoms with E-state index in [-0.39, 0.29) is 24.7 Å². The fraction of sp³-hybridized carbons (Fsp3) is 0.222. The summed E-state index contributed by atoms with van der Waals surface area (Å²) in [4.78, 5) is 12.6. The number of benzene rings is 3. The number of nitrogens with one attached hydrogen (secondary N) is 1. The second kappa shape index (κ2) is 10.9. The normalized spacial score (nSPS) is 11.9. The topological polar surface area (TPSA) is 115 Å². The molecular formula is C27H29N3O6S2. The van der Waals surface area contributed by atoms with E-state index in [9.17, 15) is 21.6 Å². The highest BCUT2D eigenvalue weighted by Gasteiger charge is 2.33. The standard InChI is InChI=1S/C27H29N3O6S2/c1-29-25-15-14-22(36-19-20-10-6-4-7-11-20)18-24(25)23(27(29)30(37(2,32)33)38(3,34)35)16-17-28-26(31)21-12-8-5-9-13-21/h4-15,18H,16-17,19H2,1-3H3,(H,28,31). The summed E-state index contributed by atoms with van der Waals surface area (Å²) in [6, 6.07) is 23.6. The largest absolute Gasteiger partial charge is 0.489 e.